The number of primary amides is 1. The molecule has 0 aromatic carbocycles. The summed E-state index contributed by atoms with van der Waals surface area (Å²) in [4.78, 5) is 34.2. The average molecular weight is 245 g/mol. The standard InChI is InChI=1S/C9H12FN3O4/c10-6-7(15)12-9(17)13(8(6)16)4-2-1-3-5(11)14/h16H,1-4H2,(H2,11,14)(H,12,15,17). The van der Waals surface area contributed by atoms with Crippen molar-refractivity contribution in [3.05, 3.63) is 26.7 Å². The zero-order valence-corrected chi connectivity index (χ0v) is 8.90. The van der Waals surface area contributed by atoms with Gasteiger partial charge in [0, 0.05) is 13.0 Å². The van der Waals surface area contributed by atoms with Crippen LogP contribution in [0.1, 0.15) is 19.3 Å². The number of nitrogens with zero attached hydrogens (tertiary/aromatic N) is 1. The first-order valence-electron chi connectivity index (χ1n) is 4.93. The van der Waals surface area contributed by atoms with E-state index in [0.29, 0.717) is 17.4 Å². The Labute approximate surface area is 94.7 Å². The average Bonchev–Trinajstić information content (AvgIpc) is 2.24. The lowest BCUT2D eigenvalue weighted by atomic mass is 10.2. The van der Waals surface area contributed by atoms with Crippen molar-refractivity contribution >= 4 is 5.91 Å². The summed E-state index contributed by atoms with van der Waals surface area (Å²) in [6, 6.07) is 0. The fourth-order valence-corrected chi connectivity index (χ4v) is 1.31. The first-order valence-corrected chi connectivity index (χ1v) is 4.93. The quantitative estimate of drug-likeness (QED) is 0.578. The van der Waals surface area contributed by atoms with Gasteiger partial charge in [0.1, 0.15) is 0 Å². The van der Waals surface area contributed by atoms with E-state index >= 15 is 0 Å². The minimum atomic E-state index is -1.40. The van der Waals surface area contributed by atoms with Gasteiger partial charge in [0.05, 0.1) is 0 Å². The van der Waals surface area contributed by atoms with Gasteiger partial charge in [-0.15, -0.1) is 0 Å². The number of aromatic hydroxyl groups is 1. The fourth-order valence-electron chi connectivity index (χ4n) is 1.31. The summed E-state index contributed by atoms with van der Waals surface area (Å²) in [7, 11) is 0. The molecule has 0 aliphatic heterocycles. The molecule has 1 rings (SSSR count). The van der Waals surface area contributed by atoms with Crippen molar-refractivity contribution in [3.63, 3.8) is 0 Å². The summed E-state index contributed by atoms with van der Waals surface area (Å²) >= 11 is 0. The molecule has 1 heterocycles. The molecule has 0 saturated carbocycles. The Morgan fingerprint density at radius 3 is 2.65 bits per heavy atom. The van der Waals surface area contributed by atoms with Crippen LogP contribution >= 0.6 is 0 Å². The van der Waals surface area contributed by atoms with Crippen LogP contribution in [-0.4, -0.2) is 20.6 Å². The van der Waals surface area contributed by atoms with E-state index in [-0.39, 0.29) is 13.0 Å². The van der Waals surface area contributed by atoms with E-state index in [2.05, 4.69) is 0 Å². The minimum absolute atomic E-state index is 0.00829. The van der Waals surface area contributed by atoms with Crippen molar-refractivity contribution in [1.82, 2.24) is 9.55 Å². The molecule has 4 N–H and O–H groups in total. The van der Waals surface area contributed by atoms with E-state index < -0.39 is 28.9 Å². The van der Waals surface area contributed by atoms with E-state index in [9.17, 15) is 23.9 Å². The number of aromatic nitrogens is 2. The molecule has 0 atom stereocenters. The number of hydrogen-bond acceptors (Lipinski definition) is 4. The molecule has 0 radical (unpaired) electrons. The fraction of sp³-hybridized carbons (Fsp3) is 0.444. The van der Waals surface area contributed by atoms with Crippen molar-refractivity contribution in [2.75, 3.05) is 0 Å². The van der Waals surface area contributed by atoms with E-state index in [1.54, 1.807) is 4.98 Å². The van der Waals surface area contributed by atoms with Crippen LogP contribution in [0.3, 0.4) is 0 Å². The topological polar surface area (TPSA) is 118 Å². The Kier molecular flexibility index (Phi) is 4.02. The minimum Gasteiger partial charge on any atom is -0.492 e. The Morgan fingerprint density at radius 2 is 2.06 bits per heavy atom. The van der Waals surface area contributed by atoms with Gasteiger partial charge in [-0.3, -0.25) is 19.1 Å². The Morgan fingerprint density at radius 1 is 1.41 bits per heavy atom. The predicted octanol–water partition coefficient (Wildman–Crippen LogP) is -0.963. The summed E-state index contributed by atoms with van der Waals surface area (Å²) in [5, 5.41) is 9.24. The number of hydrogen-bond donors (Lipinski definition) is 3. The molecule has 0 unspecified atom stereocenters. The molecule has 7 nitrogen and oxygen atoms in total. The smallest absolute Gasteiger partial charge is 0.331 e. The van der Waals surface area contributed by atoms with Crippen LogP contribution < -0.4 is 17.0 Å². The van der Waals surface area contributed by atoms with Gasteiger partial charge in [-0.2, -0.15) is 4.39 Å². The summed E-state index contributed by atoms with van der Waals surface area (Å²) < 4.78 is 13.7. The van der Waals surface area contributed by atoms with E-state index in [1.807, 2.05) is 0 Å². The first kappa shape index (κ1) is 12.9. The highest BCUT2D eigenvalue weighted by atomic mass is 19.1. The number of nitrogens with one attached hydrogen (secondary N) is 1. The third kappa shape index (κ3) is 3.16. The lowest BCUT2D eigenvalue weighted by Crippen LogP contribution is -2.32. The van der Waals surface area contributed by atoms with Crippen molar-refractivity contribution in [2.24, 2.45) is 5.73 Å². The number of H-pyrrole nitrogens is 1. The van der Waals surface area contributed by atoms with Crippen LogP contribution in [0.5, 0.6) is 5.88 Å². The van der Waals surface area contributed by atoms with Gasteiger partial charge in [-0.05, 0) is 12.8 Å². The summed E-state index contributed by atoms with van der Waals surface area (Å²) in [6.45, 7) is -0.00829. The lowest BCUT2D eigenvalue weighted by Gasteiger charge is -2.07. The van der Waals surface area contributed by atoms with Crippen molar-refractivity contribution < 1.29 is 14.3 Å². The van der Waals surface area contributed by atoms with Crippen LogP contribution in [-0.2, 0) is 11.3 Å². The number of carbonyl (C=O) groups is 1. The monoisotopic (exact) mass is 245 g/mol. The van der Waals surface area contributed by atoms with Crippen LogP contribution in [0.25, 0.3) is 0 Å². The molecule has 94 valence electrons. The van der Waals surface area contributed by atoms with Gasteiger partial charge in [-0.25, -0.2) is 4.79 Å². The van der Waals surface area contributed by atoms with E-state index in [4.69, 9.17) is 5.73 Å². The van der Waals surface area contributed by atoms with Crippen LogP contribution in [0.4, 0.5) is 4.39 Å². The van der Waals surface area contributed by atoms with Gasteiger partial charge in [0.25, 0.3) is 5.56 Å². The third-order valence-electron chi connectivity index (χ3n) is 2.17. The number of aromatic amines is 1. The molecular weight excluding hydrogens is 233 g/mol. The molecule has 0 bridgehead atoms. The van der Waals surface area contributed by atoms with Crippen LogP contribution in [0.2, 0.25) is 0 Å². The summed E-state index contributed by atoms with van der Waals surface area (Å²) in [6.07, 6.45) is 0.894. The van der Waals surface area contributed by atoms with Gasteiger partial charge >= 0.3 is 5.69 Å². The maximum Gasteiger partial charge on any atom is 0.331 e. The number of nitrogens with two attached hydrogens (primary N) is 1. The molecule has 0 aliphatic carbocycles. The van der Waals surface area contributed by atoms with Crippen molar-refractivity contribution in [3.8, 4) is 5.88 Å². The predicted molar refractivity (Wildman–Crippen MR) is 56.0 cm³/mol. The molecular formula is C9H12FN3O4. The van der Waals surface area contributed by atoms with E-state index in [1.165, 1.54) is 0 Å². The molecule has 8 heteroatoms. The van der Waals surface area contributed by atoms with Crippen molar-refractivity contribution in [1.29, 1.82) is 0 Å². The number of rotatable bonds is 5. The van der Waals surface area contributed by atoms with Gasteiger partial charge < -0.3 is 10.8 Å². The van der Waals surface area contributed by atoms with Crippen molar-refractivity contribution in [2.45, 2.75) is 25.8 Å². The molecule has 0 saturated heterocycles. The first-order chi connectivity index (χ1) is 7.93. The largest absolute Gasteiger partial charge is 0.492 e. The van der Waals surface area contributed by atoms with Gasteiger partial charge in [-0.1, -0.05) is 0 Å². The van der Waals surface area contributed by atoms with Gasteiger partial charge in [0.15, 0.2) is 0 Å². The molecule has 1 aromatic rings. The number of unbranched alkanes of at least 4 members (excludes halogenated alkanes) is 1. The summed E-state index contributed by atoms with van der Waals surface area (Å²) in [5.41, 5.74) is 2.75. The molecule has 1 amide bonds. The van der Waals surface area contributed by atoms with Gasteiger partial charge in [0.2, 0.25) is 17.6 Å². The Hall–Kier alpha value is -2.12. The Balaban J connectivity index is 2.78. The van der Waals surface area contributed by atoms with Crippen LogP contribution in [0.15, 0.2) is 9.59 Å². The molecule has 0 aliphatic rings. The highest BCUT2D eigenvalue weighted by Gasteiger charge is 2.12. The third-order valence-corrected chi connectivity index (χ3v) is 2.17. The second-order valence-electron chi connectivity index (χ2n) is 3.47. The van der Waals surface area contributed by atoms with E-state index in [0.717, 1.165) is 0 Å². The molecule has 0 fully saturated rings. The zero-order valence-electron chi connectivity index (χ0n) is 8.90. The lowest BCUT2D eigenvalue weighted by molar-refractivity contribution is -0.118. The Bertz CT molecular complexity index is 534. The normalized spacial score (nSPS) is 10.4. The van der Waals surface area contributed by atoms with Crippen LogP contribution in [0, 0.1) is 5.82 Å². The maximum absolute atomic E-state index is 13.0. The second kappa shape index (κ2) is 5.28. The highest BCUT2D eigenvalue weighted by Crippen LogP contribution is 2.08. The molecule has 0 spiro atoms. The SMILES string of the molecule is NC(=O)CCCCn1c(O)c(F)c(=O)[nH]c1=O. The molecule has 17 heavy (non-hydrogen) atoms. The second-order valence-corrected chi connectivity index (χ2v) is 3.47. The zero-order chi connectivity index (χ0) is 13.0. The highest BCUT2D eigenvalue weighted by molar-refractivity contribution is 5.73. The number of amides is 1. The number of carbonyl (C=O) groups excluding carboxylic acids is 1. The maximum atomic E-state index is 13.0. The summed E-state index contributed by atoms with van der Waals surface area (Å²) in [5.74, 6) is -2.88. The number of halogens is 1. The molecule has 1 aromatic heterocycles.